The minimum absolute atomic E-state index is 0.126. The molecule has 2 aromatic carbocycles. The monoisotopic (exact) mass is 523 g/mol. The van der Waals surface area contributed by atoms with Crippen LogP contribution in [0, 0.1) is 0 Å². The molecule has 0 saturated carbocycles. The van der Waals surface area contributed by atoms with Crippen LogP contribution in [0.2, 0.25) is 5.02 Å². The van der Waals surface area contributed by atoms with Crippen LogP contribution in [0.1, 0.15) is 24.0 Å². The molecule has 1 unspecified atom stereocenters. The smallest absolute Gasteiger partial charge is 0.266 e. The van der Waals surface area contributed by atoms with E-state index < -0.39 is 0 Å². The third-order valence-corrected chi connectivity index (χ3v) is 7.03. The van der Waals surface area contributed by atoms with Crippen molar-refractivity contribution >= 4 is 22.6 Å². The lowest BCUT2D eigenvalue weighted by Crippen LogP contribution is -2.23. The summed E-state index contributed by atoms with van der Waals surface area (Å²) in [5, 5.41) is 12.0. The molecule has 12 heteroatoms. The summed E-state index contributed by atoms with van der Waals surface area (Å²) in [6.07, 6.45) is 5.97. The van der Waals surface area contributed by atoms with Gasteiger partial charge in [0.2, 0.25) is 0 Å². The van der Waals surface area contributed by atoms with E-state index in [4.69, 9.17) is 11.6 Å². The molecule has 2 N–H and O–H groups in total. The van der Waals surface area contributed by atoms with Gasteiger partial charge < -0.3 is 14.5 Å². The topological polar surface area (TPSA) is 140 Å². The third kappa shape index (κ3) is 3.71. The molecule has 7 rings (SSSR count). The first kappa shape index (κ1) is 22.3. The summed E-state index contributed by atoms with van der Waals surface area (Å²) >= 11 is 6.30. The Hall–Kier alpha value is -4.90. The fourth-order valence-corrected chi connectivity index (χ4v) is 5.25. The highest BCUT2D eigenvalue weighted by Crippen LogP contribution is 2.34. The second-order valence-electron chi connectivity index (χ2n) is 9.08. The van der Waals surface area contributed by atoms with Gasteiger partial charge in [-0.3, -0.25) is 9.59 Å². The summed E-state index contributed by atoms with van der Waals surface area (Å²) in [5.41, 5.74) is 5.80. The molecule has 0 spiro atoms. The highest BCUT2D eigenvalue weighted by atomic mass is 35.5. The van der Waals surface area contributed by atoms with Crippen molar-refractivity contribution in [3.63, 3.8) is 0 Å². The molecule has 0 fully saturated rings. The molecule has 1 aliphatic rings. The maximum absolute atomic E-state index is 13.4. The van der Waals surface area contributed by atoms with Gasteiger partial charge in [-0.25, -0.2) is 9.97 Å². The number of H-pyrrole nitrogens is 2. The van der Waals surface area contributed by atoms with Gasteiger partial charge in [-0.1, -0.05) is 17.7 Å². The third-order valence-electron chi connectivity index (χ3n) is 6.80. The lowest BCUT2D eigenvalue weighted by Gasteiger charge is -2.15. The summed E-state index contributed by atoms with van der Waals surface area (Å²) in [6.45, 7) is 0. The van der Waals surface area contributed by atoms with Crippen molar-refractivity contribution < 1.29 is 0 Å². The van der Waals surface area contributed by atoms with E-state index in [1.807, 2.05) is 36.4 Å². The lowest BCUT2D eigenvalue weighted by molar-refractivity contribution is 0.572. The lowest BCUT2D eigenvalue weighted by atomic mass is 10.0. The van der Waals surface area contributed by atoms with Gasteiger partial charge in [-0.15, -0.1) is 5.10 Å². The number of rotatable bonds is 4. The van der Waals surface area contributed by atoms with Crippen LogP contribution in [-0.2, 0) is 6.42 Å². The predicted molar refractivity (Wildman–Crippen MR) is 140 cm³/mol. The maximum Gasteiger partial charge on any atom is 0.266 e. The Morgan fingerprint density at radius 2 is 1.87 bits per heavy atom. The van der Waals surface area contributed by atoms with Crippen LogP contribution in [0.4, 0.5) is 0 Å². The normalized spacial score (nSPS) is 14.7. The van der Waals surface area contributed by atoms with Gasteiger partial charge in [0.05, 0.1) is 40.9 Å². The highest BCUT2D eigenvalue weighted by molar-refractivity contribution is 6.31. The van der Waals surface area contributed by atoms with Crippen molar-refractivity contribution in [2.24, 2.45) is 0 Å². The first-order chi connectivity index (χ1) is 18.5. The summed E-state index contributed by atoms with van der Waals surface area (Å²) in [5.74, 6) is 0.709. The molecule has 4 aromatic heterocycles. The van der Waals surface area contributed by atoms with Gasteiger partial charge >= 0.3 is 0 Å². The van der Waals surface area contributed by atoms with Gasteiger partial charge in [0.1, 0.15) is 12.2 Å². The largest absolute Gasteiger partial charge is 0.340 e. The van der Waals surface area contributed by atoms with Gasteiger partial charge in [-0.05, 0) is 65.2 Å². The van der Waals surface area contributed by atoms with Crippen molar-refractivity contribution in [3.05, 3.63) is 105 Å². The number of imidazole rings is 1. The Kier molecular flexibility index (Phi) is 5.05. The number of halogens is 1. The summed E-state index contributed by atoms with van der Waals surface area (Å²) in [4.78, 5) is 39.9. The van der Waals surface area contributed by atoms with Gasteiger partial charge in [0.15, 0.2) is 0 Å². The van der Waals surface area contributed by atoms with Crippen molar-refractivity contribution in [1.82, 2.24) is 44.7 Å². The number of aromatic amines is 2. The van der Waals surface area contributed by atoms with Crippen molar-refractivity contribution in [2.75, 3.05) is 0 Å². The fourth-order valence-electron chi connectivity index (χ4n) is 5.08. The number of aromatic nitrogens is 9. The van der Waals surface area contributed by atoms with E-state index in [9.17, 15) is 9.59 Å². The Labute approximate surface area is 218 Å². The second-order valence-corrected chi connectivity index (χ2v) is 9.51. The molecule has 0 bridgehead atoms. The molecule has 0 radical (unpaired) electrons. The Balaban J connectivity index is 1.25. The number of hydrogen-bond donors (Lipinski definition) is 2. The number of fused-ring (bicyclic) bond motifs is 2. The average molecular weight is 524 g/mol. The maximum atomic E-state index is 13.4. The fraction of sp³-hybridized carbons (Fsp3) is 0.115. The molecule has 1 aliphatic heterocycles. The van der Waals surface area contributed by atoms with E-state index in [2.05, 4.69) is 35.5 Å². The zero-order valence-corrected chi connectivity index (χ0v) is 20.4. The number of hydrogen-bond acceptors (Lipinski definition) is 7. The SMILES string of the molecule is O=c1cnc2cc(-c3cnc(C4CCc5cc(-c6cc(Cl)ccc6-n6cnnn6)cc(=O)n54)[nH]3)ccc2[nH]1. The molecule has 38 heavy (non-hydrogen) atoms. The Morgan fingerprint density at radius 3 is 2.74 bits per heavy atom. The Morgan fingerprint density at radius 1 is 0.947 bits per heavy atom. The molecule has 0 aliphatic carbocycles. The van der Waals surface area contributed by atoms with E-state index in [1.54, 1.807) is 27.6 Å². The zero-order valence-electron chi connectivity index (χ0n) is 19.7. The van der Waals surface area contributed by atoms with Gasteiger partial charge in [0.25, 0.3) is 11.1 Å². The van der Waals surface area contributed by atoms with E-state index in [-0.39, 0.29) is 17.2 Å². The van der Waals surface area contributed by atoms with Gasteiger partial charge in [-0.2, -0.15) is 4.68 Å². The predicted octanol–water partition coefficient (Wildman–Crippen LogP) is 3.31. The van der Waals surface area contributed by atoms with Crippen LogP contribution in [0.3, 0.4) is 0 Å². The van der Waals surface area contributed by atoms with E-state index in [0.717, 1.165) is 46.6 Å². The second kappa shape index (κ2) is 8.60. The molecule has 0 saturated heterocycles. The molecule has 1 atom stereocenters. The molecular weight excluding hydrogens is 506 g/mol. The van der Waals surface area contributed by atoms with Crippen LogP contribution in [0.5, 0.6) is 0 Å². The summed E-state index contributed by atoms with van der Waals surface area (Å²) < 4.78 is 3.34. The van der Waals surface area contributed by atoms with Crippen LogP contribution in [0.25, 0.3) is 39.1 Å². The number of benzene rings is 2. The summed E-state index contributed by atoms with van der Waals surface area (Å²) in [6, 6.07) is 14.4. The van der Waals surface area contributed by atoms with Crippen LogP contribution in [0.15, 0.2) is 76.8 Å². The molecule has 11 nitrogen and oxygen atoms in total. The first-order valence-electron chi connectivity index (χ1n) is 11.9. The molecule has 5 heterocycles. The quantitative estimate of drug-likeness (QED) is 0.361. The minimum atomic E-state index is -0.246. The Bertz CT molecular complexity index is 1960. The number of pyridine rings is 1. The zero-order chi connectivity index (χ0) is 25.8. The standard InChI is InChI=1S/C26H18ClN9O2/c27-16-2-5-22(35-13-30-33-34-35)18(10-16)15-7-17-3-6-23(36(17)25(38)9-15)26-29-11-21(32-26)14-1-4-19-20(8-14)28-12-24(37)31-19/h1-2,4-5,7-13,23H,3,6H2,(H,29,32)(H,31,37). The molecule has 186 valence electrons. The first-order valence-corrected chi connectivity index (χ1v) is 12.2. The van der Waals surface area contributed by atoms with Gasteiger partial charge in [0, 0.05) is 27.9 Å². The van der Waals surface area contributed by atoms with Crippen LogP contribution < -0.4 is 11.1 Å². The number of nitrogens with one attached hydrogen (secondary N) is 2. The van der Waals surface area contributed by atoms with Crippen molar-refractivity contribution in [3.8, 4) is 28.1 Å². The number of tetrazole rings is 1. The van der Waals surface area contributed by atoms with Crippen molar-refractivity contribution in [1.29, 1.82) is 0 Å². The molecule has 6 aromatic rings. The van der Waals surface area contributed by atoms with E-state index >= 15 is 0 Å². The minimum Gasteiger partial charge on any atom is -0.340 e. The number of aryl methyl sites for hydroxylation is 1. The summed E-state index contributed by atoms with van der Waals surface area (Å²) in [7, 11) is 0. The van der Waals surface area contributed by atoms with Crippen LogP contribution in [-0.4, -0.2) is 44.7 Å². The van der Waals surface area contributed by atoms with E-state index in [0.29, 0.717) is 21.9 Å². The number of nitrogens with zero attached hydrogens (tertiary/aromatic N) is 7. The highest BCUT2D eigenvalue weighted by Gasteiger charge is 2.28. The average Bonchev–Trinajstić information content (AvgIpc) is 3.69. The molecule has 0 amide bonds. The van der Waals surface area contributed by atoms with Crippen molar-refractivity contribution in [2.45, 2.75) is 18.9 Å². The molecular formula is C26H18ClN9O2. The van der Waals surface area contributed by atoms with Crippen LogP contribution >= 0.6 is 11.6 Å². The van der Waals surface area contributed by atoms with E-state index in [1.165, 1.54) is 12.5 Å².